The molecule has 0 aliphatic heterocycles. The van der Waals surface area contributed by atoms with Gasteiger partial charge in [0.15, 0.2) is 0 Å². The van der Waals surface area contributed by atoms with Crippen molar-refractivity contribution < 1.29 is 32.9 Å². The minimum atomic E-state index is -1.21. The highest BCUT2D eigenvalue weighted by molar-refractivity contribution is 5.69. The van der Waals surface area contributed by atoms with E-state index in [4.69, 9.17) is 9.47 Å². The van der Waals surface area contributed by atoms with E-state index in [-0.39, 0.29) is 46.8 Å². The topological polar surface area (TPSA) is 122 Å². The molecule has 0 aromatic heterocycles. The summed E-state index contributed by atoms with van der Waals surface area (Å²) in [5, 5.41) is 22.5. The van der Waals surface area contributed by atoms with E-state index < -0.39 is 27.6 Å². The van der Waals surface area contributed by atoms with Gasteiger partial charge in [-0.15, -0.1) is 0 Å². The van der Waals surface area contributed by atoms with Crippen molar-refractivity contribution in [3.8, 4) is 11.5 Å². The Morgan fingerprint density at radius 3 is 1.45 bits per heavy atom. The van der Waals surface area contributed by atoms with E-state index in [9.17, 15) is 33.8 Å². The summed E-state index contributed by atoms with van der Waals surface area (Å²) >= 11 is 0. The second kappa shape index (κ2) is 11.2. The van der Waals surface area contributed by atoms with Gasteiger partial charge in [-0.05, 0) is 47.5 Å². The Hall–Kier alpha value is -5.19. The van der Waals surface area contributed by atoms with Crippen LogP contribution in [0.25, 0.3) is 0 Å². The molecule has 0 unspecified atom stereocenters. The number of hydrogen-bond donors (Lipinski definition) is 0. The first kappa shape index (κ1) is 25.9. The van der Waals surface area contributed by atoms with Gasteiger partial charge in [0.2, 0.25) is 0 Å². The van der Waals surface area contributed by atoms with E-state index in [1.54, 1.807) is 12.1 Å². The standard InChI is InChI=1S/C27H18F2N2O7/c28-21-5-1-3-17(13-21)11-19-15-23(30(33)34)7-9-25(19)37-27(32)38-26-10-8-24(31(35)36)16-20(26)12-18-4-2-6-22(29)14-18/h1-10,13-16H,11-12H2. The monoisotopic (exact) mass is 520 g/mol. The average Bonchev–Trinajstić information content (AvgIpc) is 2.86. The average molecular weight is 520 g/mol. The largest absolute Gasteiger partial charge is 0.519 e. The van der Waals surface area contributed by atoms with E-state index in [1.165, 1.54) is 60.7 Å². The van der Waals surface area contributed by atoms with Crippen molar-refractivity contribution in [3.05, 3.63) is 139 Å². The van der Waals surface area contributed by atoms with Crippen molar-refractivity contribution in [2.75, 3.05) is 0 Å². The fourth-order valence-electron chi connectivity index (χ4n) is 3.77. The number of nitro benzene ring substituents is 2. The highest BCUT2D eigenvalue weighted by atomic mass is 19.1. The summed E-state index contributed by atoms with van der Waals surface area (Å²) in [5.41, 5.74) is 0.901. The Morgan fingerprint density at radius 2 is 1.08 bits per heavy atom. The smallest absolute Gasteiger partial charge is 0.394 e. The van der Waals surface area contributed by atoms with E-state index in [2.05, 4.69) is 0 Å². The summed E-state index contributed by atoms with van der Waals surface area (Å²) in [6.07, 6.45) is -1.18. The molecule has 0 amide bonds. The lowest BCUT2D eigenvalue weighted by molar-refractivity contribution is -0.385. The SMILES string of the molecule is O=C(Oc1ccc([N+](=O)[O-])cc1Cc1cccc(F)c1)Oc1ccc([N+](=O)[O-])cc1Cc1cccc(F)c1. The predicted octanol–water partition coefficient (Wildman–Crippen LogP) is 6.54. The summed E-state index contributed by atoms with van der Waals surface area (Å²) < 4.78 is 37.9. The molecule has 38 heavy (non-hydrogen) atoms. The van der Waals surface area contributed by atoms with Crippen LogP contribution in [0, 0.1) is 31.9 Å². The van der Waals surface area contributed by atoms with Gasteiger partial charge >= 0.3 is 6.16 Å². The van der Waals surface area contributed by atoms with Crippen molar-refractivity contribution in [1.29, 1.82) is 0 Å². The fraction of sp³-hybridized carbons (Fsp3) is 0.0741. The molecule has 4 aromatic carbocycles. The Kier molecular flexibility index (Phi) is 7.66. The number of hydrogen-bond acceptors (Lipinski definition) is 7. The zero-order valence-electron chi connectivity index (χ0n) is 19.5. The third-order valence-corrected chi connectivity index (χ3v) is 5.46. The molecule has 192 valence electrons. The minimum Gasteiger partial charge on any atom is -0.394 e. The van der Waals surface area contributed by atoms with Gasteiger partial charge in [0.25, 0.3) is 11.4 Å². The van der Waals surface area contributed by atoms with Gasteiger partial charge in [-0.3, -0.25) is 20.2 Å². The molecular weight excluding hydrogens is 502 g/mol. The predicted molar refractivity (Wildman–Crippen MR) is 131 cm³/mol. The normalized spacial score (nSPS) is 10.6. The van der Waals surface area contributed by atoms with Gasteiger partial charge in [0, 0.05) is 48.2 Å². The lowest BCUT2D eigenvalue weighted by atomic mass is 10.0. The summed E-state index contributed by atoms with van der Waals surface area (Å²) in [6, 6.07) is 18.3. The summed E-state index contributed by atoms with van der Waals surface area (Å²) in [6.45, 7) is 0. The fourth-order valence-corrected chi connectivity index (χ4v) is 3.77. The quantitative estimate of drug-likeness (QED) is 0.112. The number of carbonyl (C=O) groups is 1. The number of ether oxygens (including phenoxy) is 2. The number of benzene rings is 4. The maximum Gasteiger partial charge on any atom is 0.519 e. The summed E-state index contributed by atoms with van der Waals surface area (Å²) in [5.74, 6) is -1.12. The van der Waals surface area contributed by atoms with Gasteiger partial charge < -0.3 is 9.47 Å². The van der Waals surface area contributed by atoms with Crippen LogP contribution in [0.1, 0.15) is 22.3 Å². The molecule has 11 heteroatoms. The van der Waals surface area contributed by atoms with Gasteiger partial charge in [-0.2, -0.15) is 0 Å². The maximum absolute atomic E-state index is 13.6. The van der Waals surface area contributed by atoms with Crippen LogP contribution in [-0.2, 0) is 12.8 Å². The van der Waals surface area contributed by atoms with Gasteiger partial charge in [-0.25, -0.2) is 13.6 Å². The molecule has 9 nitrogen and oxygen atoms in total. The lowest BCUT2D eigenvalue weighted by Gasteiger charge is -2.13. The molecule has 4 aromatic rings. The third kappa shape index (κ3) is 6.52. The molecule has 0 aliphatic rings. The Labute approximate surface area is 214 Å². The molecule has 0 N–H and O–H groups in total. The van der Waals surface area contributed by atoms with Crippen molar-refractivity contribution in [3.63, 3.8) is 0 Å². The van der Waals surface area contributed by atoms with E-state index in [0.29, 0.717) is 11.1 Å². The molecule has 0 bridgehead atoms. The van der Waals surface area contributed by atoms with Crippen LogP contribution in [0.3, 0.4) is 0 Å². The van der Waals surface area contributed by atoms with Gasteiger partial charge in [0.05, 0.1) is 9.85 Å². The number of nitrogens with zero attached hydrogens (tertiary/aromatic N) is 2. The molecule has 0 spiro atoms. The lowest BCUT2D eigenvalue weighted by Crippen LogP contribution is -2.16. The molecule has 0 fully saturated rings. The van der Waals surface area contributed by atoms with Crippen molar-refractivity contribution in [2.24, 2.45) is 0 Å². The van der Waals surface area contributed by atoms with Crippen LogP contribution < -0.4 is 9.47 Å². The number of rotatable bonds is 8. The molecule has 0 saturated heterocycles. The van der Waals surface area contributed by atoms with Crippen molar-refractivity contribution >= 4 is 17.5 Å². The number of non-ortho nitro benzene ring substituents is 2. The van der Waals surface area contributed by atoms with Crippen LogP contribution >= 0.6 is 0 Å². The van der Waals surface area contributed by atoms with Crippen LogP contribution in [0.4, 0.5) is 25.0 Å². The highest BCUT2D eigenvalue weighted by Crippen LogP contribution is 2.30. The minimum absolute atomic E-state index is 0.0183. The number of nitro groups is 2. The first-order valence-electron chi connectivity index (χ1n) is 11.1. The van der Waals surface area contributed by atoms with E-state index in [1.807, 2.05) is 0 Å². The van der Waals surface area contributed by atoms with E-state index in [0.717, 1.165) is 12.1 Å². The van der Waals surface area contributed by atoms with Crippen molar-refractivity contribution in [2.45, 2.75) is 12.8 Å². The van der Waals surface area contributed by atoms with Crippen LogP contribution in [-0.4, -0.2) is 16.0 Å². The van der Waals surface area contributed by atoms with E-state index >= 15 is 0 Å². The molecule has 0 aliphatic carbocycles. The Morgan fingerprint density at radius 1 is 0.658 bits per heavy atom. The summed E-state index contributed by atoms with van der Waals surface area (Å²) in [7, 11) is 0. The zero-order valence-corrected chi connectivity index (χ0v) is 19.5. The second-order valence-electron chi connectivity index (χ2n) is 8.17. The molecule has 0 atom stereocenters. The Balaban J connectivity index is 1.60. The Bertz CT molecular complexity index is 1430. The van der Waals surface area contributed by atoms with Crippen LogP contribution in [0.5, 0.6) is 11.5 Å². The maximum atomic E-state index is 13.6. The molecule has 0 saturated carbocycles. The first-order chi connectivity index (χ1) is 18.2. The van der Waals surface area contributed by atoms with Crippen molar-refractivity contribution in [1.82, 2.24) is 0 Å². The van der Waals surface area contributed by atoms with Gasteiger partial charge in [-0.1, -0.05) is 24.3 Å². The number of halogens is 2. The number of carbonyl (C=O) groups excluding carboxylic acids is 1. The third-order valence-electron chi connectivity index (χ3n) is 5.46. The first-order valence-corrected chi connectivity index (χ1v) is 11.1. The second-order valence-corrected chi connectivity index (χ2v) is 8.17. The molecule has 0 heterocycles. The summed E-state index contributed by atoms with van der Waals surface area (Å²) in [4.78, 5) is 34.0. The molecule has 0 radical (unpaired) electrons. The van der Waals surface area contributed by atoms with Crippen LogP contribution in [0.2, 0.25) is 0 Å². The van der Waals surface area contributed by atoms with Gasteiger partial charge in [0.1, 0.15) is 23.1 Å². The molecular formula is C27H18F2N2O7. The molecule has 4 rings (SSSR count). The zero-order chi connectivity index (χ0) is 27.2. The van der Waals surface area contributed by atoms with Crippen LogP contribution in [0.15, 0.2) is 84.9 Å². The highest BCUT2D eigenvalue weighted by Gasteiger charge is 2.19.